The molecule has 0 spiro atoms. The topological polar surface area (TPSA) is 50.9 Å². The molecule has 1 aromatic rings. The molecule has 3 heteroatoms. The van der Waals surface area contributed by atoms with Crippen molar-refractivity contribution in [2.75, 3.05) is 17.6 Å². The van der Waals surface area contributed by atoms with Crippen molar-refractivity contribution in [2.24, 2.45) is 5.92 Å². The average molecular weight is 191 g/mol. The SMILES string of the molecule is Nc1cncc(NCC2CCCC2)c1. The Kier molecular flexibility index (Phi) is 2.87. The van der Waals surface area contributed by atoms with Gasteiger partial charge in [-0.1, -0.05) is 12.8 Å². The fourth-order valence-electron chi connectivity index (χ4n) is 2.03. The second-order valence-corrected chi connectivity index (χ2v) is 4.04. The third kappa shape index (κ3) is 2.37. The van der Waals surface area contributed by atoms with Gasteiger partial charge in [-0.25, -0.2) is 0 Å². The monoisotopic (exact) mass is 191 g/mol. The summed E-state index contributed by atoms with van der Waals surface area (Å²) >= 11 is 0. The number of anilines is 2. The Hall–Kier alpha value is -1.25. The van der Waals surface area contributed by atoms with Crippen LogP contribution in [0.1, 0.15) is 25.7 Å². The summed E-state index contributed by atoms with van der Waals surface area (Å²) in [7, 11) is 0. The average Bonchev–Trinajstić information content (AvgIpc) is 2.67. The highest BCUT2D eigenvalue weighted by atomic mass is 14.9. The zero-order valence-electron chi connectivity index (χ0n) is 8.37. The molecular formula is C11H17N3. The number of hydrogen-bond donors (Lipinski definition) is 2. The van der Waals surface area contributed by atoms with Crippen LogP contribution in [-0.2, 0) is 0 Å². The molecule has 0 bridgehead atoms. The van der Waals surface area contributed by atoms with Crippen LogP contribution in [0.4, 0.5) is 11.4 Å². The summed E-state index contributed by atoms with van der Waals surface area (Å²) < 4.78 is 0. The first-order valence-electron chi connectivity index (χ1n) is 5.29. The predicted octanol–water partition coefficient (Wildman–Crippen LogP) is 2.27. The molecule has 76 valence electrons. The maximum absolute atomic E-state index is 5.64. The lowest BCUT2D eigenvalue weighted by Crippen LogP contribution is -2.11. The highest BCUT2D eigenvalue weighted by molar-refractivity contribution is 5.51. The van der Waals surface area contributed by atoms with E-state index in [4.69, 9.17) is 5.73 Å². The Morgan fingerprint density at radius 1 is 1.36 bits per heavy atom. The smallest absolute Gasteiger partial charge is 0.0547 e. The second kappa shape index (κ2) is 4.31. The van der Waals surface area contributed by atoms with Gasteiger partial charge in [0, 0.05) is 12.7 Å². The zero-order valence-corrected chi connectivity index (χ0v) is 8.37. The molecule has 0 aromatic carbocycles. The van der Waals surface area contributed by atoms with Crippen LogP contribution in [0.2, 0.25) is 0 Å². The first-order valence-corrected chi connectivity index (χ1v) is 5.29. The maximum atomic E-state index is 5.64. The summed E-state index contributed by atoms with van der Waals surface area (Å²) in [6.45, 7) is 1.06. The van der Waals surface area contributed by atoms with Gasteiger partial charge < -0.3 is 11.1 Å². The number of nitrogens with zero attached hydrogens (tertiary/aromatic N) is 1. The molecule has 3 N–H and O–H groups in total. The van der Waals surface area contributed by atoms with E-state index in [-0.39, 0.29) is 0 Å². The van der Waals surface area contributed by atoms with Gasteiger partial charge in [-0.3, -0.25) is 4.98 Å². The van der Waals surface area contributed by atoms with Crippen molar-refractivity contribution >= 4 is 11.4 Å². The molecule has 1 fully saturated rings. The van der Waals surface area contributed by atoms with Gasteiger partial charge in [-0.15, -0.1) is 0 Å². The van der Waals surface area contributed by atoms with Crippen LogP contribution in [0, 0.1) is 5.92 Å². The highest BCUT2D eigenvalue weighted by Gasteiger charge is 2.14. The van der Waals surface area contributed by atoms with Gasteiger partial charge in [0.2, 0.25) is 0 Å². The van der Waals surface area contributed by atoms with E-state index < -0.39 is 0 Å². The van der Waals surface area contributed by atoms with Crippen molar-refractivity contribution in [3.63, 3.8) is 0 Å². The normalized spacial score (nSPS) is 17.1. The number of rotatable bonds is 3. The molecule has 14 heavy (non-hydrogen) atoms. The van der Waals surface area contributed by atoms with E-state index in [2.05, 4.69) is 10.3 Å². The van der Waals surface area contributed by atoms with Crippen LogP contribution < -0.4 is 11.1 Å². The Bertz CT molecular complexity index is 292. The van der Waals surface area contributed by atoms with Crippen molar-refractivity contribution in [1.82, 2.24) is 4.98 Å². The molecular weight excluding hydrogens is 174 g/mol. The quantitative estimate of drug-likeness (QED) is 0.770. The van der Waals surface area contributed by atoms with E-state index in [1.54, 1.807) is 6.20 Å². The molecule has 0 unspecified atom stereocenters. The lowest BCUT2D eigenvalue weighted by atomic mass is 10.1. The van der Waals surface area contributed by atoms with Crippen molar-refractivity contribution in [3.8, 4) is 0 Å². The van der Waals surface area contributed by atoms with E-state index in [1.807, 2.05) is 12.3 Å². The molecule has 1 saturated carbocycles. The second-order valence-electron chi connectivity index (χ2n) is 4.04. The van der Waals surface area contributed by atoms with Gasteiger partial charge in [-0.05, 0) is 24.8 Å². The Balaban J connectivity index is 1.85. The third-order valence-electron chi connectivity index (χ3n) is 2.83. The summed E-state index contributed by atoms with van der Waals surface area (Å²) in [6.07, 6.45) is 9.00. The van der Waals surface area contributed by atoms with Crippen LogP contribution in [0.15, 0.2) is 18.5 Å². The number of nitrogens with one attached hydrogen (secondary N) is 1. The zero-order chi connectivity index (χ0) is 9.80. The predicted molar refractivity (Wildman–Crippen MR) is 59.1 cm³/mol. The molecule has 0 amide bonds. The summed E-state index contributed by atoms with van der Waals surface area (Å²) in [5.41, 5.74) is 7.40. The standard InChI is InChI=1S/C11H17N3/c12-10-5-11(8-13-7-10)14-6-9-3-1-2-4-9/h5,7-9,14H,1-4,6,12H2. The van der Waals surface area contributed by atoms with Crippen LogP contribution in [0.5, 0.6) is 0 Å². The molecule has 0 saturated heterocycles. The van der Waals surface area contributed by atoms with Crippen LogP contribution >= 0.6 is 0 Å². The number of nitrogens with two attached hydrogens (primary N) is 1. The van der Waals surface area contributed by atoms with Crippen molar-refractivity contribution in [3.05, 3.63) is 18.5 Å². The van der Waals surface area contributed by atoms with Gasteiger partial charge >= 0.3 is 0 Å². The first kappa shape index (κ1) is 9.31. The summed E-state index contributed by atoms with van der Waals surface area (Å²) in [5.74, 6) is 0.844. The Morgan fingerprint density at radius 2 is 2.14 bits per heavy atom. The van der Waals surface area contributed by atoms with Crippen molar-refractivity contribution in [1.29, 1.82) is 0 Å². The minimum absolute atomic E-state index is 0.724. The minimum atomic E-state index is 0.724. The number of pyridine rings is 1. The van der Waals surface area contributed by atoms with Crippen LogP contribution in [0.3, 0.4) is 0 Å². The molecule has 1 aliphatic rings. The molecule has 0 radical (unpaired) electrons. The molecule has 1 aromatic heterocycles. The van der Waals surface area contributed by atoms with Crippen molar-refractivity contribution < 1.29 is 0 Å². The summed E-state index contributed by atoms with van der Waals surface area (Å²) in [6, 6.07) is 1.93. The van der Waals surface area contributed by atoms with Gasteiger partial charge in [-0.2, -0.15) is 0 Å². The lowest BCUT2D eigenvalue weighted by molar-refractivity contribution is 0.580. The van der Waals surface area contributed by atoms with Gasteiger partial charge in [0.25, 0.3) is 0 Å². The summed E-state index contributed by atoms with van der Waals surface area (Å²) in [4.78, 5) is 4.04. The molecule has 1 aliphatic carbocycles. The molecule has 0 atom stereocenters. The fourth-order valence-corrected chi connectivity index (χ4v) is 2.03. The van der Waals surface area contributed by atoms with E-state index in [9.17, 15) is 0 Å². The molecule has 0 aliphatic heterocycles. The number of aromatic nitrogens is 1. The summed E-state index contributed by atoms with van der Waals surface area (Å²) in [5, 5.41) is 3.38. The number of nitrogen functional groups attached to an aromatic ring is 1. The highest BCUT2D eigenvalue weighted by Crippen LogP contribution is 2.24. The van der Waals surface area contributed by atoms with E-state index in [0.717, 1.165) is 23.8 Å². The van der Waals surface area contributed by atoms with Gasteiger partial charge in [0.1, 0.15) is 0 Å². The minimum Gasteiger partial charge on any atom is -0.397 e. The maximum Gasteiger partial charge on any atom is 0.0547 e. The van der Waals surface area contributed by atoms with E-state index in [0.29, 0.717) is 0 Å². The first-order chi connectivity index (χ1) is 6.84. The molecule has 3 nitrogen and oxygen atoms in total. The lowest BCUT2D eigenvalue weighted by Gasteiger charge is -2.11. The van der Waals surface area contributed by atoms with Gasteiger partial charge in [0.15, 0.2) is 0 Å². The largest absolute Gasteiger partial charge is 0.397 e. The molecule has 2 rings (SSSR count). The molecule has 1 heterocycles. The Labute approximate surface area is 84.7 Å². The fraction of sp³-hybridized carbons (Fsp3) is 0.545. The van der Waals surface area contributed by atoms with Crippen molar-refractivity contribution in [2.45, 2.75) is 25.7 Å². The van der Waals surface area contributed by atoms with Crippen LogP contribution in [0.25, 0.3) is 0 Å². The van der Waals surface area contributed by atoms with Crippen LogP contribution in [-0.4, -0.2) is 11.5 Å². The Morgan fingerprint density at radius 3 is 2.86 bits per heavy atom. The third-order valence-corrected chi connectivity index (χ3v) is 2.83. The number of hydrogen-bond acceptors (Lipinski definition) is 3. The van der Waals surface area contributed by atoms with E-state index in [1.165, 1.54) is 25.7 Å². The van der Waals surface area contributed by atoms with E-state index >= 15 is 0 Å². The van der Waals surface area contributed by atoms with Gasteiger partial charge in [0.05, 0.1) is 17.6 Å².